The van der Waals surface area contributed by atoms with Crippen LogP contribution in [0, 0.1) is 11.6 Å². The Kier molecular flexibility index (Phi) is 7.24. The molecular formula is C18H24F2IN5. The summed E-state index contributed by atoms with van der Waals surface area (Å²) in [6.45, 7) is 3.32. The third-order valence-electron chi connectivity index (χ3n) is 4.52. The normalized spacial score (nSPS) is 15.0. The van der Waals surface area contributed by atoms with Crippen molar-refractivity contribution in [2.24, 2.45) is 12.0 Å². The number of aryl methyl sites for hydroxylation is 1. The van der Waals surface area contributed by atoms with Crippen LogP contribution in [-0.2, 0) is 13.6 Å². The Labute approximate surface area is 169 Å². The Morgan fingerprint density at radius 3 is 2.50 bits per heavy atom. The van der Waals surface area contributed by atoms with Crippen molar-refractivity contribution in [2.75, 3.05) is 38.1 Å². The average molecular weight is 475 g/mol. The van der Waals surface area contributed by atoms with Gasteiger partial charge in [0.1, 0.15) is 11.6 Å². The zero-order valence-electron chi connectivity index (χ0n) is 15.0. The maximum Gasteiger partial charge on any atom is 0.194 e. The molecule has 0 bridgehead atoms. The molecule has 8 heteroatoms. The number of hydrogen-bond acceptors (Lipinski definition) is 2. The van der Waals surface area contributed by atoms with Gasteiger partial charge in [0.15, 0.2) is 5.96 Å². The van der Waals surface area contributed by atoms with Crippen molar-refractivity contribution in [1.82, 2.24) is 14.8 Å². The summed E-state index contributed by atoms with van der Waals surface area (Å²) in [5.74, 6) is 0.0144. The molecule has 1 aliphatic heterocycles. The molecule has 0 amide bonds. The second-order valence-electron chi connectivity index (χ2n) is 6.08. The van der Waals surface area contributed by atoms with Gasteiger partial charge >= 0.3 is 0 Å². The van der Waals surface area contributed by atoms with Crippen LogP contribution in [0.2, 0.25) is 0 Å². The Morgan fingerprint density at radius 2 is 1.88 bits per heavy atom. The Balaban J connectivity index is 0.00000243. The number of benzene rings is 1. The molecule has 1 aromatic heterocycles. The smallest absolute Gasteiger partial charge is 0.194 e. The molecule has 1 saturated heterocycles. The van der Waals surface area contributed by atoms with E-state index in [1.165, 1.54) is 17.8 Å². The van der Waals surface area contributed by atoms with Crippen LogP contribution in [0.3, 0.4) is 0 Å². The van der Waals surface area contributed by atoms with E-state index >= 15 is 0 Å². The van der Waals surface area contributed by atoms with E-state index < -0.39 is 5.82 Å². The number of aliphatic imine (C=N–C) groups is 1. The molecule has 5 nitrogen and oxygen atoms in total. The fourth-order valence-electron chi connectivity index (χ4n) is 3.07. The van der Waals surface area contributed by atoms with Crippen molar-refractivity contribution in [2.45, 2.75) is 6.54 Å². The van der Waals surface area contributed by atoms with E-state index in [4.69, 9.17) is 0 Å². The minimum atomic E-state index is -0.418. The van der Waals surface area contributed by atoms with Crippen LogP contribution < -0.4 is 10.2 Å². The second kappa shape index (κ2) is 9.20. The van der Waals surface area contributed by atoms with E-state index in [9.17, 15) is 8.78 Å². The van der Waals surface area contributed by atoms with Gasteiger partial charge in [0.05, 0.1) is 12.2 Å². The van der Waals surface area contributed by atoms with E-state index in [0.717, 1.165) is 12.0 Å². The highest BCUT2D eigenvalue weighted by Gasteiger charge is 2.22. The second-order valence-corrected chi connectivity index (χ2v) is 6.08. The number of piperazine rings is 1. The van der Waals surface area contributed by atoms with Crippen molar-refractivity contribution in [1.29, 1.82) is 0 Å². The molecule has 1 aromatic carbocycles. The molecule has 142 valence electrons. The molecule has 0 atom stereocenters. The largest absolute Gasteiger partial charge is 0.366 e. The van der Waals surface area contributed by atoms with Gasteiger partial charge in [0, 0.05) is 58.2 Å². The van der Waals surface area contributed by atoms with E-state index in [-0.39, 0.29) is 29.8 Å². The van der Waals surface area contributed by atoms with Crippen molar-refractivity contribution in [3.63, 3.8) is 0 Å². The minimum absolute atomic E-state index is 0. The summed E-state index contributed by atoms with van der Waals surface area (Å²) in [6, 6.07) is 7.65. The van der Waals surface area contributed by atoms with E-state index in [2.05, 4.69) is 25.8 Å². The Bertz CT molecular complexity index is 754. The number of nitrogens with zero attached hydrogens (tertiary/aromatic N) is 4. The molecule has 0 radical (unpaired) electrons. The van der Waals surface area contributed by atoms with Crippen molar-refractivity contribution >= 4 is 35.6 Å². The van der Waals surface area contributed by atoms with Gasteiger partial charge in [-0.2, -0.15) is 0 Å². The summed E-state index contributed by atoms with van der Waals surface area (Å²) in [5.41, 5.74) is 1.49. The summed E-state index contributed by atoms with van der Waals surface area (Å²) in [7, 11) is 3.76. The van der Waals surface area contributed by atoms with Crippen LogP contribution in [0.25, 0.3) is 0 Å². The summed E-state index contributed by atoms with van der Waals surface area (Å²) in [4.78, 5) is 8.35. The molecule has 1 N–H and O–H groups in total. The number of anilines is 1. The standard InChI is InChI=1S/C18H23F2N5.HI/c1-21-18(22-13-15-4-3-7-23(15)2)25-10-8-24(9-11-25)17-12-14(19)5-6-16(17)20;/h3-7,12H,8-11,13H2,1-2H3,(H,21,22);1H. The van der Waals surface area contributed by atoms with Gasteiger partial charge < -0.3 is 19.7 Å². The molecule has 3 rings (SSSR count). The van der Waals surface area contributed by atoms with Crippen LogP contribution in [0.15, 0.2) is 41.5 Å². The molecule has 1 fully saturated rings. The lowest BCUT2D eigenvalue weighted by Gasteiger charge is -2.37. The van der Waals surface area contributed by atoms with E-state index in [1.54, 1.807) is 7.05 Å². The van der Waals surface area contributed by atoms with Gasteiger partial charge in [-0.3, -0.25) is 4.99 Å². The first-order valence-corrected chi connectivity index (χ1v) is 8.34. The van der Waals surface area contributed by atoms with Crippen LogP contribution in [0.1, 0.15) is 5.69 Å². The van der Waals surface area contributed by atoms with Gasteiger partial charge in [0.25, 0.3) is 0 Å². The summed E-state index contributed by atoms with van der Waals surface area (Å²) < 4.78 is 29.4. The summed E-state index contributed by atoms with van der Waals surface area (Å²) >= 11 is 0. The third-order valence-corrected chi connectivity index (χ3v) is 4.52. The van der Waals surface area contributed by atoms with E-state index in [0.29, 0.717) is 38.4 Å². The van der Waals surface area contributed by atoms with E-state index in [1.807, 2.05) is 24.2 Å². The number of nitrogens with one attached hydrogen (secondary N) is 1. The van der Waals surface area contributed by atoms with Gasteiger partial charge in [-0.25, -0.2) is 8.78 Å². The zero-order chi connectivity index (χ0) is 17.8. The van der Waals surface area contributed by atoms with Gasteiger partial charge in [-0.15, -0.1) is 24.0 Å². The van der Waals surface area contributed by atoms with Crippen LogP contribution in [0.5, 0.6) is 0 Å². The molecule has 2 heterocycles. The van der Waals surface area contributed by atoms with Crippen molar-refractivity contribution in [3.8, 4) is 0 Å². The molecule has 0 unspecified atom stereocenters. The summed E-state index contributed by atoms with van der Waals surface area (Å²) in [6.07, 6.45) is 2.01. The molecular weight excluding hydrogens is 451 g/mol. The first-order chi connectivity index (χ1) is 12.1. The third kappa shape index (κ3) is 4.66. The number of halogens is 3. The average Bonchev–Trinajstić information content (AvgIpc) is 3.03. The Hall–Kier alpha value is -1.84. The van der Waals surface area contributed by atoms with Gasteiger partial charge in [-0.1, -0.05) is 0 Å². The number of guanidine groups is 1. The van der Waals surface area contributed by atoms with Crippen LogP contribution in [-0.4, -0.2) is 48.7 Å². The number of aromatic nitrogens is 1. The SMILES string of the molecule is CN=C(NCc1cccn1C)N1CCN(c2cc(F)ccc2F)CC1.I. The first kappa shape index (κ1) is 20.5. The highest BCUT2D eigenvalue weighted by atomic mass is 127. The molecule has 2 aromatic rings. The zero-order valence-corrected chi connectivity index (χ0v) is 17.3. The predicted molar refractivity (Wildman–Crippen MR) is 111 cm³/mol. The highest BCUT2D eigenvalue weighted by Crippen LogP contribution is 2.21. The molecule has 26 heavy (non-hydrogen) atoms. The molecule has 0 spiro atoms. The van der Waals surface area contributed by atoms with Gasteiger partial charge in [-0.05, 0) is 24.3 Å². The van der Waals surface area contributed by atoms with Crippen molar-refractivity contribution in [3.05, 3.63) is 53.9 Å². The van der Waals surface area contributed by atoms with Crippen LogP contribution in [0.4, 0.5) is 14.5 Å². The fraction of sp³-hybridized carbons (Fsp3) is 0.389. The molecule has 0 saturated carbocycles. The maximum absolute atomic E-state index is 13.9. The maximum atomic E-state index is 13.9. The van der Waals surface area contributed by atoms with Crippen LogP contribution >= 0.6 is 24.0 Å². The Morgan fingerprint density at radius 1 is 1.15 bits per heavy atom. The fourth-order valence-corrected chi connectivity index (χ4v) is 3.07. The number of rotatable bonds is 3. The predicted octanol–water partition coefficient (Wildman–Crippen LogP) is 2.82. The molecule has 0 aliphatic carbocycles. The van der Waals surface area contributed by atoms with Crippen molar-refractivity contribution < 1.29 is 8.78 Å². The topological polar surface area (TPSA) is 35.8 Å². The number of hydrogen-bond donors (Lipinski definition) is 1. The summed E-state index contributed by atoms with van der Waals surface area (Å²) in [5, 5.41) is 3.36. The minimum Gasteiger partial charge on any atom is -0.366 e. The molecule has 1 aliphatic rings. The lowest BCUT2D eigenvalue weighted by molar-refractivity contribution is 0.370. The first-order valence-electron chi connectivity index (χ1n) is 8.34. The monoisotopic (exact) mass is 475 g/mol. The lowest BCUT2D eigenvalue weighted by atomic mass is 10.2. The highest BCUT2D eigenvalue weighted by molar-refractivity contribution is 14.0. The quantitative estimate of drug-likeness (QED) is 0.422. The van der Waals surface area contributed by atoms with Gasteiger partial charge in [0.2, 0.25) is 0 Å². The lowest BCUT2D eigenvalue weighted by Crippen LogP contribution is -2.52.